The number of amides is 1. The van der Waals surface area contributed by atoms with E-state index in [4.69, 9.17) is 21.1 Å². The minimum absolute atomic E-state index is 0.169. The van der Waals surface area contributed by atoms with Crippen LogP contribution in [0.1, 0.15) is 10.4 Å². The van der Waals surface area contributed by atoms with Gasteiger partial charge in [0.05, 0.1) is 25.9 Å². The summed E-state index contributed by atoms with van der Waals surface area (Å²) in [5.41, 5.74) is 0.460. The standard InChI is InChI=1S/C14H19ClN2O3/c1-19-13-3-2-11(15)10-12(13)14(18)16-4-5-17-6-8-20-9-7-17/h2-3,10H,4-9H2,1H3,(H,16,18). The highest BCUT2D eigenvalue weighted by atomic mass is 35.5. The molecule has 1 heterocycles. The van der Waals surface area contributed by atoms with Gasteiger partial charge in [-0.25, -0.2) is 0 Å². The Morgan fingerprint density at radius 1 is 1.45 bits per heavy atom. The number of morpholine rings is 1. The van der Waals surface area contributed by atoms with Crippen LogP contribution in [0.4, 0.5) is 0 Å². The van der Waals surface area contributed by atoms with E-state index in [1.54, 1.807) is 18.2 Å². The lowest BCUT2D eigenvalue weighted by atomic mass is 10.2. The van der Waals surface area contributed by atoms with Crippen molar-refractivity contribution in [3.63, 3.8) is 0 Å². The molecule has 5 nitrogen and oxygen atoms in total. The van der Waals surface area contributed by atoms with Gasteiger partial charge in [-0.2, -0.15) is 0 Å². The molecule has 1 amide bonds. The molecular weight excluding hydrogens is 280 g/mol. The highest BCUT2D eigenvalue weighted by Crippen LogP contribution is 2.22. The van der Waals surface area contributed by atoms with E-state index in [0.29, 0.717) is 22.9 Å². The summed E-state index contributed by atoms with van der Waals surface area (Å²) in [5, 5.41) is 3.41. The number of halogens is 1. The van der Waals surface area contributed by atoms with E-state index in [1.807, 2.05) is 0 Å². The second-order valence-electron chi connectivity index (χ2n) is 4.55. The van der Waals surface area contributed by atoms with Crippen LogP contribution in [-0.4, -0.2) is 57.3 Å². The molecule has 1 aliphatic rings. The predicted octanol–water partition coefficient (Wildman–Crippen LogP) is 1.41. The summed E-state index contributed by atoms with van der Waals surface area (Å²) in [4.78, 5) is 14.4. The van der Waals surface area contributed by atoms with E-state index < -0.39 is 0 Å². The van der Waals surface area contributed by atoms with Crippen LogP contribution in [-0.2, 0) is 4.74 Å². The second-order valence-corrected chi connectivity index (χ2v) is 4.99. The van der Waals surface area contributed by atoms with Gasteiger partial charge in [0.1, 0.15) is 5.75 Å². The first-order chi connectivity index (χ1) is 9.70. The molecule has 20 heavy (non-hydrogen) atoms. The van der Waals surface area contributed by atoms with Crippen molar-refractivity contribution in [1.29, 1.82) is 0 Å². The number of rotatable bonds is 5. The van der Waals surface area contributed by atoms with Gasteiger partial charge in [0, 0.05) is 31.2 Å². The van der Waals surface area contributed by atoms with Gasteiger partial charge < -0.3 is 14.8 Å². The molecule has 0 aromatic heterocycles. The smallest absolute Gasteiger partial charge is 0.255 e. The van der Waals surface area contributed by atoms with E-state index in [1.165, 1.54) is 7.11 Å². The molecule has 1 saturated heterocycles. The van der Waals surface area contributed by atoms with E-state index >= 15 is 0 Å². The Bertz CT molecular complexity index is 462. The summed E-state index contributed by atoms with van der Waals surface area (Å²) in [6, 6.07) is 5.01. The Labute approximate surface area is 123 Å². The third kappa shape index (κ3) is 4.10. The zero-order chi connectivity index (χ0) is 14.4. The van der Waals surface area contributed by atoms with Crippen LogP contribution in [0.25, 0.3) is 0 Å². The Balaban J connectivity index is 1.86. The van der Waals surface area contributed by atoms with Gasteiger partial charge in [-0.05, 0) is 18.2 Å². The third-order valence-electron chi connectivity index (χ3n) is 3.22. The van der Waals surface area contributed by atoms with Crippen LogP contribution < -0.4 is 10.1 Å². The van der Waals surface area contributed by atoms with E-state index in [-0.39, 0.29) is 5.91 Å². The van der Waals surface area contributed by atoms with Gasteiger partial charge in [-0.15, -0.1) is 0 Å². The Morgan fingerprint density at radius 2 is 2.20 bits per heavy atom. The summed E-state index contributed by atoms with van der Waals surface area (Å²) >= 11 is 5.92. The van der Waals surface area contributed by atoms with Crippen molar-refractivity contribution in [3.05, 3.63) is 28.8 Å². The molecule has 0 aliphatic carbocycles. The topological polar surface area (TPSA) is 50.8 Å². The number of carbonyl (C=O) groups is 1. The van der Waals surface area contributed by atoms with E-state index in [0.717, 1.165) is 32.8 Å². The van der Waals surface area contributed by atoms with Crippen LogP contribution in [0, 0.1) is 0 Å². The lowest BCUT2D eigenvalue weighted by Crippen LogP contribution is -2.41. The summed E-state index contributed by atoms with van der Waals surface area (Å²) in [5.74, 6) is 0.357. The van der Waals surface area contributed by atoms with Gasteiger partial charge in [0.25, 0.3) is 5.91 Å². The summed E-state index contributed by atoms with van der Waals surface area (Å²) in [7, 11) is 1.54. The summed E-state index contributed by atoms with van der Waals surface area (Å²) < 4.78 is 10.5. The van der Waals surface area contributed by atoms with Crippen molar-refractivity contribution in [2.45, 2.75) is 0 Å². The quantitative estimate of drug-likeness (QED) is 0.893. The molecule has 6 heteroatoms. The molecule has 1 fully saturated rings. The number of hydrogen-bond donors (Lipinski definition) is 1. The van der Waals surface area contributed by atoms with Crippen LogP contribution in [0.15, 0.2) is 18.2 Å². The molecule has 0 saturated carbocycles. The van der Waals surface area contributed by atoms with Crippen molar-refractivity contribution < 1.29 is 14.3 Å². The van der Waals surface area contributed by atoms with Crippen LogP contribution in [0.3, 0.4) is 0 Å². The van der Waals surface area contributed by atoms with Gasteiger partial charge in [0.2, 0.25) is 0 Å². The van der Waals surface area contributed by atoms with E-state index in [2.05, 4.69) is 10.2 Å². The van der Waals surface area contributed by atoms with Crippen molar-refractivity contribution in [3.8, 4) is 5.75 Å². The zero-order valence-corrected chi connectivity index (χ0v) is 12.3. The van der Waals surface area contributed by atoms with Crippen molar-refractivity contribution in [2.24, 2.45) is 0 Å². The molecule has 0 radical (unpaired) electrons. The maximum atomic E-state index is 12.1. The maximum absolute atomic E-state index is 12.1. The van der Waals surface area contributed by atoms with E-state index in [9.17, 15) is 4.79 Å². The maximum Gasteiger partial charge on any atom is 0.255 e. The third-order valence-corrected chi connectivity index (χ3v) is 3.46. The minimum Gasteiger partial charge on any atom is -0.496 e. The first kappa shape index (κ1) is 15.1. The fraction of sp³-hybridized carbons (Fsp3) is 0.500. The van der Waals surface area contributed by atoms with Gasteiger partial charge >= 0.3 is 0 Å². The monoisotopic (exact) mass is 298 g/mol. The number of benzene rings is 1. The molecule has 1 aliphatic heterocycles. The molecule has 0 unspecified atom stereocenters. The molecule has 1 N–H and O–H groups in total. The van der Waals surface area contributed by atoms with Crippen LogP contribution in [0.2, 0.25) is 5.02 Å². The number of nitrogens with one attached hydrogen (secondary N) is 1. The molecule has 0 spiro atoms. The number of ether oxygens (including phenoxy) is 2. The average molecular weight is 299 g/mol. The molecule has 0 bridgehead atoms. The molecule has 2 rings (SSSR count). The Hall–Kier alpha value is -1.30. The SMILES string of the molecule is COc1ccc(Cl)cc1C(=O)NCCN1CCOCC1. The normalized spacial score (nSPS) is 15.9. The summed E-state index contributed by atoms with van der Waals surface area (Å²) in [6.07, 6.45) is 0. The molecule has 1 aromatic carbocycles. The lowest BCUT2D eigenvalue weighted by molar-refractivity contribution is 0.0383. The molecular formula is C14H19ClN2O3. The van der Waals surface area contributed by atoms with Gasteiger partial charge in [-0.3, -0.25) is 9.69 Å². The largest absolute Gasteiger partial charge is 0.496 e. The fourth-order valence-electron chi connectivity index (χ4n) is 2.11. The lowest BCUT2D eigenvalue weighted by Gasteiger charge is -2.26. The molecule has 0 atom stereocenters. The number of carbonyl (C=O) groups excluding carboxylic acids is 1. The first-order valence-corrected chi connectivity index (χ1v) is 7.00. The Morgan fingerprint density at radius 3 is 2.90 bits per heavy atom. The average Bonchev–Trinajstić information content (AvgIpc) is 2.48. The molecule has 1 aromatic rings. The highest BCUT2D eigenvalue weighted by molar-refractivity contribution is 6.31. The van der Waals surface area contributed by atoms with Crippen molar-refractivity contribution in [2.75, 3.05) is 46.5 Å². The number of hydrogen-bond acceptors (Lipinski definition) is 4. The highest BCUT2D eigenvalue weighted by Gasteiger charge is 2.14. The van der Waals surface area contributed by atoms with Gasteiger partial charge in [0.15, 0.2) is 0 Å². The second kappa shape index (κ2) is 7.47. The van der Waals surface area contributed by atoms with Gasteiger partial charge in [-0.1, -0.05) is 11.6 Å². The predicted molar refractivity (Wildman–Crippen MR) is 77.6 cm³/mol. The summed E-state index contributed by atoms with van der Waals surface area (Å²) in [6.45, 7) is 4.76. The molecule has 110 valence electrons. The fourth-order valence-corrected chi connectivity index (χ4v) is 2.28. The minimum atomic E-state index is -0.169. The Kier molecular flexibility index (Phi) is 5.64. The van der Waals surface area contributed by atoms with Crippen LogP contribution in [0.5, 0.6) is 5.75 Å². The number of methoxy groups -OCH3 is 1. The number of nitrogens with zero attached hydrogens (tertiary/aromatic N) is 1. The van der Waals surface area contributed by atoms with Crippen LogP contribution >= 0.6 is 11.6 Å². The van der Waals surface area contributed by atoms with Crippen molar-refractivity contribution >= 4 is 17.5 Å². The zero-order valence-electron chi connectivity index (χ0n) is 11.5. The van der Waals surface area contributed by atoms with Crippen molar-refractivity contribution in [1.82, 2.24) is 10.2 Å². The first-order valence-electron chi connectivity index (χ1n) is 6.62.